The van der Waals surface area contributed by atoms with Crippen molar-refractivity contribution in [2.75, 3.05) is 19.0 Å². The number of hydrogen-bond donors (Lipinski definition) is 1. The van der Waals surface area contributed by atoms with Gasteiger partial charge in [0.05, 0.1) is 29.0 Å². The predicted octanol–water partition coefficient (Wildman–Crippen LogP) is 2.38. The molecule has 1 atom stereocenters. The minimum Gasteiger partial charge on any atom is -0.478 e. The van der Waals surface area contributed by atoms with Gasteiger partial charge in [0, 0.05) is 5.56 Å². The highest BCUT2D eigenvalue weighted by Gasteiger charge is 2.37. The van der Waals surface area contributed by atoms with Crippen molar-refractivity contribution < 1.29 is 31.8 Å². The minimum atomic E-state index is -3.92. The first kappa shape index (κ1) is 16.1. The molecule has 0 spiro atoms. The molecule has 0 radical (unpaired) electrons. The summed E-state index contributed by atoms with van der Waals surface area (Å²) in [7, 11) is -3.92. The van der Waals surface area contributed by atoms with E-state index in [-0.39, 0.29) is 24.3 Å². The first-order valence-corrected chi connectivity index (χ1v) is 7.98. The van der Waals surface area contributed by atoms with Crippen molar-refractivity contribution >= 4 is 27.4 Å². The fourth-order valence-corrected chi connectivity index (χ4v) is 4.31. The van der Waals surface area contributed by atoms with E-state index in [0.29, 0.717) is 6.07 Å². The van der Waals surface area contributed by atoms with E-state index in [9.17, 15) is 22.0 Å². The number of rotatable bonds is 4. The molecule has 5 nitrogen and oxygen atoms in total. The molecule has 0 amide bonds. The van der Waals surface area contributed by atoms with E-state index < -0.39 is 49.9 Å². The molecule has 0 aliphatic carbocycles. The van der Waals surface area contributed by atoms with Crippen LogP contribution in [-0.2, 0) is 14.6 Å². The van der Waals surface area contributed by atoms with Crippen molar-refractivity contribution in [3.8, 4) is 0 Å². The number of carboxylic acid groups (broad SMARTS) is 1. The summed E-state index contributed by atoms with van der Waals surface area (Å²) in [6, 6.07) is 0.568. The van der Waals surface area contributed by atoms with Crippen LogP contribution in [-0.4, -0.2) is 38.5 Å². The summed E-state index contributed by atoms with van der Waals surface area (Å²) in [5.74, 6) is -3.06. The zero-order valence-corrected chi connectivity index (χ0v) is 12.2. The van der Waals surface area contributed by atoms with E-state index in [1.807, 2.05) is 0 Å². The standard InChI is InChI=1S/C12H11ClF2O5S/c13-10-6(12(16)17)5-7(15)11-9(10)8(20-3-2-14)1-4-21(11,18)19/h5,8H,1-4H2,(H,16,17). The van der Waals surface area contributed by atoms with Gasteiger partial charge < -0.3 is 9.84 Å². The molecule has 1 aliphatic heterocycles. The highest BCUT2D eigenvalue weighted by atomic mass is 35.5. The van der Waals surface area contributed by atoms with E-state index >= 15 is 0 Å². The van der Waals surface area contributed by atoms with Gasteiger partial charge in [0.1, 0.15) is 17.4 Å². The molecule has 1 aromatic rings. The minimum absolute atomic E-state index is 0.0441. The molecule has 116 valence electrons. The van der Waals surface area contributed by atoms with Gasteiger partial charge in [-0.25, -0.2) is 22.0 Å². The Morgan fingerprint density at radius 2 is 2.19 bits per heavy atom. The molecule has 0 aromatic heterocycles. The van der Waals surface area contributed by atoms with Crippen molar-refractivity contribution in [1.29, 1.82) is 0 Å². The smallest absolute Gasteiger partial charge is 0.337 e. The molecule has 1 aromatic carbocycles. The lowest BCUT2D eigenvalue weighted by Crippen LogP contribution is -2.25. The van der Waals surface area contributed by atoms with Crippen LogP contribution >= 0.6 is 11.6 Å². The van der Waals surface area contributed by atoms with E-state index in [1.165, 1.54) is 0 Å². The molecule has 0 saturated carbocycles. The first-order chi connectivity index (χ1) is 9.79. The SMILES string of the molecule is O=C(O)c1cc(F)c2c(c1Cl)C(OCCF)CCS2(=O)=O. The van der Waals surface area contributed by atoms with Crippen LogP contribution in [0.15, 0.2) is 11.0 Å². The van der Waals surface area contributed by atoms with Gasteiger partial charge in [-0.1, -0.05) is 11.6 Å². The third kappa shape index (κ3) is 2.88. The van der Waals surface area contributed by atoms with Gasteiger partial charge in [0.25, 0.3) is 0 Å². The predicted molar refractivity (Wildman–Crippen MR) is 69.7 cm³/mol. The molecule has 0 saturated heterocycles. The number of fused-ring (bicyclic) bond motifs is 1. The molecular formula is C12H11ClF2O5S. The maximum absolute atomic E-state index is 14.0. The summed E-state index contributed by atoms with van der Waals surface area (Å²) in [6.07, 6.45) is -1.00. The van der Waals surface area contributed by atoms with E-state index in [4.69, 9.17) is 21.4 Å². The lowest BCUT2D eigenvalue weighted by molar-refractivity contribution is 0.0379. The summed E-state index contributed by atoms with van der Waals surface area (Å²) in [5, 5.41) is 8.59. The number of alkyl halides is 1. The highest BCUT2D eigenvalue weighted by molar-refractivity contribution is 7.91. The Hall–Kier alpha value is -1.25. The van der Waals surface area contributed by atoms with Crippen LogP contribution in [0.3, 0.4) is 0 Å². The molecule has 1 heterocycles. The van der Waals surface area contributed by atoms with Gasteiger partial charge in [-0.05, 0) is 12.5 Å². The largest absolute Gasteiger partial charge is 0.478 e. The third-order valence-corrected chi connectivity index (χ3v) is 5.33. The summed E-state index contributed by atoms with van der Waals surface area (Å²) in [6.45, 7) is -1.13. The lowest BCUT2D eigenvalue weighted by Gasteiger charge is -2.27. The molecule has 1 unspecified atom stereocenters. The summed E-state index contributed by atoms with van der Waals surface area (Å²) in [4.78, 5) is 10.4. The van der Waals surface area contributed by atoms with Gasteiger partial charge in [-0.2, -0.15) is 0 Å². The summed E-state index contributed by atoms with van der Waals surface area (Å²) in [5.41, 5.74) is -0.798. The fraction of sp³-hybridized carbons (Fsp3) is 0.417. The van der Waals surface area contributed by atoms with Gasteiger partial charge >= 0.3 is 5.97 Å². The number of carboxylic acids is 1. The van der Waals surface area contributed by atoms with Crippen molar-refractivity contribution in [2.24, 2.45) is 0 Å². The highest BCUT2D eigenvalue weighted by Crippen LogP contribution is 2.42. The Balaban J connectivity index is 2.70. The van der Waals surface area contributed by atoms with Crippen molar-refractivity contribution in [3.63, 3.8) is 0 Å². The normalized spacial score (nSPS) is 20.0. The van der Waals surface area contributed by atoms with Crippen LogP contribution in [0.2, 0.25) is 5.02 Å². The summed E-state index contributed by atoms with van der Waals surface area (Å²) < 4.78 is 55.3. The van der Waals surface area contributed by atoms with Crippen LogP contribution < -0.4 is 0 Å². The maximum atomic E-state index is 14.0. The van der Waals surface area contributed by atoms with Crippen LogP contribution in [0.4, 0.5) is 8.78 Å². The van der Waals surface area contributed by atoms with Gasteiger partial charge in [-0.3, -0.25) is 0 Å². The second-order valence-electron chi connectivity index (χ2n) is 4.42. The molecule has 21 heavy (non-hydrogen) atoms. The fourth-order valence-electron chi connectivity index (χ4n) is 2.25. The quantitative estimate of drug-likeness (QED) is 0.910. The average molecular weight is 341 g/mol. The molecule has 1 N–H and O–H groups in total. The molecule has 1 aliphatic rings. The van der Waals surface area contributed by atoms with Gasteiger partial charge in [0.2, 0.25) is 0 Å². The van der Waals surface area contributed by atoms with E-state index in [1.54, 1.807) is 0 Å². The Morgan fingerprint density at radius 3 is 2.76 bits per heavy atom. The second kappa shape index (κ2) is 5.86. The van der Waals surface area contributed by atoms with E-state index in [2.05, 4.69) is 0 Å². The van der Waals surface area contributed by atoms with Crippen LogP contribution in [0.1, 0.15) is 28.4 Å². The Labute approximate surface area is 124 Å². The second-order valence-corrected chi connectivity index (χ2v) is 6.85. The monoisotopic (exact) mass is 340 g/mol. The number of hydrogen-bond acceptors (Lipinski definition) is 4. The maximum Gasteiger partial charge on any atom is 0.337 e. The Morgan fingerprint density at radius 1 is 1.52 bits per heavy atom. The number of halogens is 3. The Kier molecular flexibility index (Phi) is 4.50. The number of aromatic carboxylic acids is 1. The van der Waals surface area contributed by atoms with Crippen LogP contribution in [0.5, 0.6) is 0 Å². The lowest BCUT2D eigenvalue weighted by atomic mass is 10.0. The number of sulfone groups is 1. The number of benzene rings is 1. The van der Waals surface area contributed by atoms with Crippen molar-refractivity contribution in [3.05, 3.63) is 28.0 Å². The summed E-state index contributed by atoms with van der Waals surface area (Å²) >= 11 is 5.91. The molecule has 0 fully saturated rings. The first-order valence-electron chi connectivity index (χ1n) is 5.95. The zero-order chi connectivity index (χ0) is 15.8. The van der Waals surface area contributed by atoms with Gasteiger partial charge in [0.15, 0.2) is 9.84 Å². The number of ether oxygens (including phenoxy) is 1. The number of carbonyl (C=O) groups is 1. The van der Waals surface area contributed by atoms with Crippen molar-refractivity contribution in [2.45, 2.75) is 17.4 Å². The van der Waals surface area contributed by atoms with Crippen LogP contribution in [0, 0.1) is 5.82 Å². The van der Waals surface area contributed by atoms with Crippen molar-refractivity contribution in [1.82, 2.24) is 0 Å². The Bertz CT molecular complexity index is 689. The molecular weight excluding hydrogens is 330 g/mol. The molecule has 9 heteroatoms. The topological polar surface area (TPSA) is 80.7 Å². The molecule has 0 bridgehead atoms. The zero-order valence-electron chi connectivity index (χ0n) is 10.6. The van der Waals surface area contributed by atoms with Gasteiger partial charge in [-0.15, -0.1) is 0 Å². The molecule has 2 rings (SSSR count). The van der Waals surface area contributed by atoms with E-state index in [0.717, 1.165) is 0 Å². The van der Waals surface area contributed by atoms with Crippen LogP contribution in [0.25, 0.3) is 0 Å². The third-order valence-electron chi connectivity index (χ3n) is 3.11. The average Bonchev–Trinajstić information content (AvgIpc) is 2.40.